The third-order valence-electron chi connectivity index (χ3n) is 1.43. The van der Waals surface area contributed by atoms with Crippen molar-refractivity contribution in [1.29, 1.82) is 0 Å². The lowest BCUT2D eigenvalue weighted by Crippen LogP contribution is -2.39. The highest BCUT2D eigenvalue weighted by atomic mass is 35.6. The normalized spacial score (nSPS) is 30.2. The van der Waals surface area contributed by atoms with E-state index in [2.05, 4.69) is 4.99 Å². The Balaban J connectivity index is 2.86. The zero-order valence-corrected chi connectivity index (χ0v) is 9.48. The van der Waals surface area contributed by atoms with Gasteiger partial charge in [0, 0.05) is 6.21 Å². The molecule has 1 atom stereocenters. The molecule has 1 rings (SSSR count). The monoisotopic (exact) mass is 265 g/mol. The Hall–Kier alpha value is 0.860. The smallest absolute Gasteiger partial charge is 0.214 e. The summed E-state index contributed by atoms with van der Waals surface area (Å²) >= 11 is 28.4. The first-order valence-electron chi connectivity index (χ1n) is 3.02. The molecule has 1 aliphatic heterocycles. The molecule has 0 saturated carbocycles. The van der Waals surface area contributed by atoms with E-state index < -0.39 is 8.67 Å². The second-order valence-electron chi connectivity index (χ2n) is 2.35. The summed E-state index contributed by atoms with van der Waals surface area (Å²) in [6, 6.07) is 0. The van der Waals surface area contributed by atoms with Gasteiger partial charge in [-0.15, -0.1) is 11.6 Å². The predicted molar refractivity (Wildman–Crippen MR) is 55.9 cm³/mol. The third-order valence-corrected chi connectivity index (χ3v) is 3.52. The van der Waals surface area contributed by atoms with Gasteiger partial charge in [-0.25, -0.2) is 4.99 Å². The molecular weight excluding hydrogens is 263 g/mol. The molecule has 0 radical (unpaired) electrons. The molecule has 0 aliphatic carbocycles. The van der Waals surface area contributed by atoms with Crippen LogP contribution in [0.3, 0.4) is 0 Å². The zero-order valence-electron chi connectivity index (χ0n) is 5.70. The van der Waals surface area contributed by atoms with E-state index in [1.807, 2.05) is 0 Å². The number of alkyl halides is 4. The first kappa shape index (κ1) is 10.9. The van der Waals surface area contributed by atoms with E-state index in [1.54, 1.807) is 6.08 Å². The minimum atomic E-state index is -1.58. The summed E-state index contributed by atoms with van der Waals surface area (Å²) in [7, 11) is 0. The first-order valence-corrected chi connectivity index (χ1v) is 4.91. The van der Waals surface area contributed by atoms with Gasteiger partial charge in [0.1, 0.15) is 10.0 Å². The number of hydrogen-bond donors (Lipinski definition) is 0. The summed E-state index contributed by atoms with van der Waals surface area (Å²) in [6.07, 6.45) is 3.31. The lowest BCUT2D eigenvalue weighted by molar-refractivity contribution is 0.770. The van der Waals surface area contributed by atoms with Crippen LogP contribution in [0, 0.1) is 0 Å². The van der Waals surface area contributed by atoms with Crippen molar-refractivity contribution >= 4 is 64.2 Å². The van der Waals surface area contributed by atoms with Crippen LogP contribution >= 0.6 is 58.0 Å². The van der Waals surface area contributed by atoms with Crippen molar-refractivity contribution in [2.24, 2.45) is 4.99 Å². The third kappa shape index (κ3) is 2.21. The fourth-order valence-electron chi connectivity index (χ4n) is 0.691. The van der Waals surface area contributed by atoms with Crippen molar-refractivity contribution < 1.29 is 0 Å². The Morgan fingerprint density at radius 3 is 2.33 bits per heavy atom. The fourth-order valence-corrected chi connectivity index (χ4v) is 1.32. The lowest BCUT2D eigenvalue weighted by Gasteiger charge is -2.30. The number of halogens is 5. The van der Waals surface area contributed by atoms with Gasteiger partial charge in [0.05, 0.1) is 0 Å². The highest BCUT2D eigenvalue weighted by Crippen LogP contribution is 2.45. The van der Waals surface area contributed by atoms with Gasteiger partial charge in [-0.05, 0) is 12.5 Å². The van der Waals surface area contributed by atoms with E-state index in [-0.39, 0.29) is 0 Å². The van der Waals surface area contributed by atoms with E-state index in [0.717, 1.165) is 0 Å². The van der Waals surface area contributed by atoms with E-state index >= 15 is 0 Å². The highest BCUT2D eigenvalue weighted by Gasteiger charge is 2.46. The Morgan fingerprint density at radius 1 is 1.42 bits per heavy atom. The molecule has 1 heterocycles. The van der Waals surface area contributed by atoms with Crippen LogP contribution in [0.1, 0.15) is 6.42 Å². The second kappa shape index (κ2) is 3.55. The quantitative estimate of drug-likeness (QED) is 0.466. The molecule has 0 saturated heterocycles. The Bertz CT molecular complexity index is 241. The minimum absolute atomic E-state index is 0.355. The summed E-state index contributed by atoms with van der Waals surface area (Å²) in [6.45, 7) is 0. The molecular formula is C6H4Cl5N. The molecule has 0 amide bonds. The molecule has 0 aromatic heterocycles. The molecule has 1 aliphatic rings. The van der Waals surface area contributed by atoms with Crippen LogP contribution in [0.2, 0.25) is 0 Å². The molecule has 0 spiro atoms. The van der Waals surface area contributed by atoms with E-state index in [0.29, 0.717) is 11.6 Å². The van der Waals surface area contributed by atoms with Gasteiger partial charge >= 0.3 is 0 Å². The second-order valence-corrected chi connectivity index (χ2v) is 5.69. The summed E-state index contributed by atoms with van der Waals surface area (Å²) in [4.78, 5) is 2.68. The first-order chi connectivity index (χ1) is 5.35. The Labute approximate surface area is 95.3 Å². The maximum Gasteiger partial charge on any atom is 0.214 e. The van der Waals surface area contributed by atoms with Crippen LogP contribution in [0.5, 0.6) is 0 Å². The molecule has 12 heavy (non-hydrogen) atoms. The SMILES string of the molecule is ClC1=CCC(Cl)(C(Cl)(Cl)Cl)C=N1. The summed E-state index contributed by atoms with van der Waals surface area (Å²) in [5, 5.41) is 0.362. The van der Waals surface area contributed by atoms with Gasteiger partial charge < -0.3 is 0 Å². The highest BCUT2D eigenvalue weighted by molar-refractivity contribution is 6.72. The van der Waals surface area contributed by atoms with E-state index in [1.165, 1.54) is 6.21 Å². The van der Waals surface area contributed by atoms with Gasteiger partial charge in [0.15, 0.2) is 0 Å². The van der Waals surface area contributed by atoms with Crippen molar-refractivity contribution in [3.63, 3.8) is 0 Å². The van der Waals surface area contributed by atoms with Gasteiger partial charge in [-0.1, -0.05) is 46.4 Å². The zero-order chi connectivity index (χ0) is 9.41. The van der Waals surface area contributed by atoms with Crippen LogP contribution in [0.4, 0.5) is 0 Å². The average Bonchev–Trinajstić information content (AvgIpc) is 1.93. The number of rotatable bonds is 0. The Kier molecular flexibility index (Phi) is 3.23. The van der Waals surface area contributed by atoms with Gasteiger partial charge in [0.25, 0.3) is 0 Å². The van der Waals surface area contributed by atoms with E-state index in [9.17, 15) is 0 Å². The maximum atomic E-state index is 5.97. The van der Waals surface area contributed by atoms with E-state index in [4.69, 9.17) is 58.0 Å². The largest absolute Gasteiger partial charge is 0.247 e. The molecule has 68 valence electrons. The molecule has 6 heteroatoms. The van der Waals surface area contributed by atoms with Crippen molar-refractivity contribution in [3.05, 3.63) is 11.2 Å². The topological polar surface area (TPSA) is 12.4 Å². The molecule has 0 aromatic carbocycles. The van der Waals surface area contributed by atoms with Gasteiger partial charge in [-0.2, -0.15) is 0 Å². The molecule has 0 N–H and O–H groups in total. The molecule has 1 unspecified atom stereocenters. The van der Waals surface area contributed by atoms with Crippen LogP contribution < -0.4 is 0 Å². The van der Waals surface area contributed by atoms with Gasteiger partial charge in [0.2, 0.25) is 3.79 Å². The van der Waals surface area contributed by atoms with Crippen LogP contribution in [0.25, 0.3) is 0 Å². The molecule has 0 aromatic rings. The number of aliphatic imine (C=N–C) groups is 1. The predicted octanol–water partition coefficient (Wildman–Crippen LogP) is 3.89. The fraction of sp³-hybridized carbons (Fsp3) is 0.500. The minimum Gasteiger partial charge on any atom is -0.247 e. The standard InChI is InChI=1S/C6H4Cl5N/c7-4-1-2-5(8,3-12-4)6(9,10)11/h1,3H,2H2. The number of hydrogen-bond acceptors (Lipinski definition) is 1. The van der Waals surface area contributed by atoms with Crippen LogP contribution in [0.15, 0.2) is 16.2 Å². The van der Waals surface area contributed by atoms with Crippen molar-refractivity contribution in [3.8, 4) is 0 Å². The summed E-state index contributed by atoms with van der Waals surface area (Å²) < 4.78 is -1.58. The molecule has 0 bridgehead atoms. The van der Waals surface area contributed by atoms with Crippen LogP contribution in [-0.2, 0) is 0 Å². The van der Waals surface area contributed by atoms with Crippen molar-refractivity contribution in [2.75, 3.05) is 0 Å². The average molecular weight is 267 g/mol. The summed E-state index contributed by atoms with van der Waals surface area (Å²) in [5.41, 5.74) is 0. The number of allylic oxidation sites excluding steroid dienone is 1. The van der Waals surface area contributed by atoms with Crippen molar-refractivity contribution in [1.82, 2.24) is 0 Å². The maximum absolute atomic E-state index is 5.97. The molecule has 0 fully saturated rings. The van der Waals surface area contributed by atoms with Crippen LogP contribution in [-0.4, -0.2) is 14.9 Å². The van der Waals surface area contributed by atoms with Crippen molar-refractivity contribution in [2.45, 2.75) is 15.1 Å². The lowest BCUT2D eigenvalue weighted by atomic mass is 10.1. The summed E-state index contributed by atoms with van der Waals surface area (Å²) in [5.74, 6) is 0. The van der Waals surface area contributed by atoms with Gasteiger partial charge in [-0.3, -0.25) is 0 Å². The molecule has 1 nitrogen and oxygen atoms in total. The Morgan fingerprint density at radius 2 is 2.00 bits per heavy atom. The number of nitrogens with zero attached hydrogens (tertiary/aromatic N) is 1.